The topological polar surface area (TPSA) is 90.5 Å². The van der Waals surface area contributed by atoms with Gasteiger partial charge < -0.3 is 9.88 Å². The Morgan fingerprint density at radius 3 is 2.81 bits per heavy atom. The van der Waals surface area contributed by atoms with E-state index in [-0.39, 0.29) is 11.9 Å². The van der Waals surface area contributed by atoms with Crippen LogP contribution in [0.3, 0.4) is 0 Å². The molecule has 4 aromatic heterocycles. The summed E-state index contributed by atoms with van der Waals surface area (Å²) in [6.45, 7) is 4.68. The van der Waals surface area contributed by atoms with Crippen molar-refractivity contribution in [3.63, 3.8) is 0 Å². The third kappa shape index (κ3) is 3.26. The minimum Gasteiger partial charge on any atom is -0.347 e. The zero-order chi connectivity index (χ0) is 21.8. The number of aryl methyl sites for hydroxylation is 3. The second kappa shape index (κ2) is 7.25. The van der Waals surface area contributed by atoms with Crippen LogP contribution < -0.4 is 5.32 Å². The predicted octanol–water partition coefficient (Wildman–Crippen LogP) is 3.25. The van der Waals surface area contributed by atoms with Crippen molar-refractivity contribution in [2.24, 2.45) is 0 Å². The molecule has 1 unspecified atom stereocenters. The van der Waals surface area contributed by atoms with E-state index in [4.69, 9.17) is 10.1 Å². The lowest BCUT2D eigenvalue weighted by molar-refractivity contribution is 0.0929. The number of carbonyl (C=O) groups excluding carboxylic acids is 1. The first kappa shape index (κ1) is 19.2. The van der Waals surface area contributed by atoms with Crippen LogP contribution in [0, 0.1) is 13.8 Å². The van der Waals surface area contributed by atoms with Gasteiger partial charge in [0.05, 0.1) is 22.3 Å². The Hall–Kier alpha value is -3.55. The number of hydrogen-bond acceptors (Lipinski definition) is 5. The molecule has 1 atom stereocenters. The number of hydrogen-bond donors (Lipinski definition) is 1. The first-order chi connectivity index (χ1) is 15.6. The van der Waals surface area contributed by atoms with Crippen molar-refractivity contribution in [3.8, 4) is 5.82 Å². The van der Waals surface area contributed by atoms with Crippen molar-refractivity contribution >= 4 is 16.9 Å². The third-order valence-electron chi connectivity index (χ3n) is 6.39. The fourth-order valence-corrected chi connectivity index (χ4v) is 4.68. The minimum atomic E-state index is -0.0618. The molecule has 8 heteroatoms. The molecule has 8 nitrogen and oxygen atoms in total. The number of rotatable bonds is 4. The van der Waals surface area contributed by atoms with Crippen molar-refractivity contribution in [2.45, 2.75) is 58.0 Å². The van der Waals surface area contributed by atoms with Crippen LogP contribution in [-0.2, 0) is 13.0 Å². The van der Waals surface area contributed by atoms with E-state index in [1.165, 1.54) is 0 Å². The number of amides is 1. The van der Waals surface area contributed by atoms with Crippen molar-refractivity contribution in [1.29, 1.82) is 0 Å². The fraction of sp³-hybridized carbons (Fsp3) is 0.375. The number of pyridine rings is 2. The number of fused-ring (bicyclic) bond motifs is 2. The lowest BCUT2D eigenvalue weighted by Crippen LogP contribution is -2.41. The van der Waals surface area contributed by atoms with Crippen LogP contribution in [-0.4, -0.2) is 41.2 Å². The Balaban J connectivity index is 1.39. The van der Waals surface area contributed by atoms with Crippen LogP contribution in [0.15, 0.2) is 36.7 Å². The van der Waals surface area contributed by atoms with E-state index in [2.05, 4.69) is 26.0 Å². The molecule has 162 valence electrons. The molecule has 0 aromatic carbocycles. The molecule has 1 aliphatic carbocycles. The number of nitrogens with zero attached hydrogens (tertiary/aromatic N) is 6. The molecule has 32 heavy (non-hydrogen) atoms. The predicted molar refractivity (Wildman–Crippen MR) is 120 cm³/mol. The molecule has 6 rings (SSSR count). The van der Waals surface area contributed by atoms with Crippen LogP contribution in [0.1, 0.15) is 58.4 Å². The monoisotopic (exact) mass is 427 g/mol. The van der Waals surface area contributed by atoms with Gasteiger partial charge in [-0.1, -0.05) is 6.07 Å². The van der Waals surface area contributed by atoms with Gasteiger partial charge in [-0.05, 0) is 51.3 Å². The highest BCUT2D eigenvalue weighted by Crippen LogP contribution is 2.40. The summed E-state index contributed by atoms with van der Waals surface area (Å²) in [7, 11) is 0. The molecule has 0 bridgehead atoms. The van der Waals surface area contributed by atoms with Gasteiger partial charge in [-0.3, -0.25) is 4.79 Å². The standard InChI is InChI=1S/C24H25N7O/c1-14-12-30-13-17(8-9-21(30)26-14)27-24(32)18-11-19(16-6-7-16)28-23-22(18)15(2)29-31(23)20-5-3-4-10-25-20/h3-5,10-12,16-17H,6-9,13H2,1-2H3,(H,27,32). The van der Waals surface area contributed by atoms with Crippen LogP contribution in [0.4, 0.5) is 0 Å². The van der Waals surface area contributed by atoms with Crippen LogP contribution in [0.5, 0.6) is 0 Å². The Labute approximate surface area is 185 Å². The van der Waals surface area contributed by atoms with E-state index >= 15 is 0 Å². The molecule has 1 aliphatic heterocycles. The lowest BCUT2D eigenvalue weighted by atomic mass is 10.0. The van der Waals surface area contributed by atoms with Gasteiger partial charge in [0.15, 0.2) is 11.5 Å². The molecule has 2 aliphatic rings. The highest BCUT2D eigenvalue weighted by atomic mass is 16.1. The number of aromatic nitrogens is 6. The van der Waals surface area contributed by atoms with Crippen molar-refractivity contribution in [2.75, 3.05) is 0 Å². The summed E-state index contributed by atoms with van der Waals surface area (Å²) >= 11 is 0. The van der Waals surface area contributed by atoms with Gasteiger partial charge in [0.1, 0.15) is 5.82 Å². The average molecular weight is 428 g/mol. The molecule has 1 fully saturated rings. The minimum absolute atomic E-state index is 0.0618. The summed E-state index contributed by atoms with van der Waals surface area (Å²) in [5.74, 6) is 2.16. The Bertz CT molecular complexity index is 1330. The van der Waals surface area contributed by atoms with Crippen LogP contribution in [0.2, 0.25) is 0 Å². The van der Waals surface area contributed by atoms with E-state index < -0.39 is 0 Å². The van der Waals surface area contributed by atoms with Gasteiger partial charge >= 0.3 is 0 Å². The summed E-state index contributed by atoms with van der Waals surface area (Å²) in [5, 5.41) is 8.77. The van der Waals surface area contributed by atoms with Crippen molar-refractivity contribution in [3.05, 3.63) is 65.1 Å². The van der Waals surface area contributed by atoms with Gasteiger partial charge in [-0.15, -0.1) is 0 Å². The molecule has 1 amide bonds. The summed E-state index contributed by atoms with van der Waals surface area (Å²) in [5.41, 5.74) is 4.13. The average Bonchev–Trinajstić information content (AvgIpc) is 3.50. The largest absolute Gasteiger partial charge is 0.347 e. The van der Waals surface area contributed by atoms with E-state index in [0.29, 0.717) is 22.9 Å². The van der Waals surface area contributed by atoms with Crippen LogP contribution >= 0.6 is 0 Å². The number of nitrogens with one attached hydrogen (secondary N) is 1. The van der Waals surface area contributed by atoms with Gasteiger partial charge in [-0.25, -0.2) is 15.0 Å². The summed E-state index contributed by atoms with van der Waals surface area (Å²) in [4.78, 5) is 27.5. The summed E-state index contributed by atoms with van der Waals surface area (Å²) < 4.78 is 3.92. The van der Waals surface area contributed by atoms with E-state index in [1.807, 2.05) is 38.1 Å². The molecule has 1 saturated carbocycles. The Morgan fingerprint density at radius 1 is 1.16 bits per heavy atom. The van der Waals surface area contributed by atoms with Gasteiger partial charge in [0.25, 0.3) is 5.91 Å². The molecule has 0 saturated heterocycles. The van der Waals surface area contributed by atoms with E-state index in [1.54, 1.807) is 10.9 Å². The van der Waals surface area contributed by atoms with Gasteiger partial charge in [0.2, 0.25) is 0 Å². The first-order valence-corrected chi connectivity index (χ1v) is 11.2. The zero-order valence-corrected chi connectivity index (χ0v) is 18.2. The van der Waals surface area contributed by atoms with Gasteiger partial charge in [-0.2, -0.15) is 9.78 Å². The Morgan fingerprint density at radius 2 is 2.03 bits per heavy atom. The molecular formula is C24H25N7O. The molecular weight excluding hydrogens is 402 g/mol. The highest BCUT2D eigenvalue weighted by molar-refractivity contribution is 6.07. The number of carbonyl (C=O) groups is 1. The second-order valence-electron chi connectivity index (χ2n) is 8.91. The van der Waals surface area contributed by atoms with Crippen LogP contribution in [0.25, 0.3) is 16.9 Å². The molecule has 4 aromatic rings. The van der Waals surface area contributed by atoms with E-state index in [9.17, 15) is 4.79 Å². The van der Waals surface area contributed by atoms with E-state index in [0.717, 1.165) is 60.5 Å². The lowest BCUT2D eigenvalue weighted by Gasteiger charge is -2.25. The maximum absolute atomic E-state index is 13.5. The van der Waals surface area contributed by atoms with Crippen molar-refractivity contribution in [1.82, 2.24) is 34.6 Å². The molecule has 1 N–H and O–H groups in total. The fourth-order valence-electron chi connectivity index (χ4n) is 4.68. The normalized spacial score (nSPS) is 18.0. The van der Waals surface area contributed by atoms with Gasteiger partial charge in [0, 0.05) is 43.0 Å². The SMILES string of the molecule is Cc1cn2c(n1)CCC(NC(=O)c1cc(C3CC3)nc3c1c(C)nn3-c1ccccn1)C2. The maximum Gasteiger partial charge on any atom is 0.252 e. The third-order valence-corrected chi connectivity index (χ3v) is 6.39. The quantitative estimate of drug-likeness (QED) is 0.540. The maximum atomic E-state index is 13.5. The molecule has 0 spiro atoms. The smallest absolute Gasteiger partial charge is 0.252 e. The van der Waals surface area contributed by atoms with Crippen molar-refractivity contribution < 1.29 is 4.79 Å². The number of imidazole rings is 1. The summed E-state index contributed by atoms with van der Waals surface area (Å²) in [6, 6.07) is 7.76. The summed E-state index contributed by atoms with van der Waals surface area (Å²) in [6.07, 6.45) is 7.78. The first-order valence-electron chi connectivity index (χ1n) is 11.2. The highest BCUT2D eigenvalue weighted by Gasteiger charge is 2.30. The Kier molecular flexibility index (Phi) is 4.34. The zero-order valence-electron chi connectivity index (χ0n) is 18.2. The molecule has 0 radical (unpaired) electrons. The second-order valence-corrected chi connectivity index (χ2v) is 8.91. The molecule has 5 heterocycles.